The van der Waals surface area contributed by atoms with Gasteiger partial charge in [-0.15, -0.1) is 11.3 Å². The van der Waals surface area contributed by atoms with E-state index in [0.29, 0.717) is 11.4 Å². The Morgan fingerprint density at radius 1 is 1.04 bits per heavy atom. The molecule has 1 amide bonds. The molecule has 0 fully saturated rings. The largest absolute Gasteiger partial charge is 0.288 e. The van der Waals surface area contributed by atoms with Crippen molar-refractivity contribution in [3.63, 3.8) is 0 Å². The second-order valence-electron chi connectivity index (χ2n) is 4.96. The third-order valence-electron chi connectivity index (χ3n) is 3.26. The first-order chi connectivity index (χ1) is 12.0. The Labute approximate surface area is 148 Å². The Hall–Kier alpha value is -2.75. The smallest absolute Gasteiger partial charge is 0.274 e. The van der Waals surface area contributed by atoms with Crippen LogP contribution in [0.25, 0.3) is 10.6 Å². The Balaban J connectivity index is 1.80. The number of benzene rings is 1. The van der Waals surface area contributed by atoms with Crippen LogP contribution in [0.5, 0.6) is 0 Å². The summed E-state index contributed by atoms with van der Waals surface area (Å²) in [6.07, 6.45) is 1.64. The highest BCUT2D eigenvalue weighted by atomic mass is 32.2. The van der Waals surface area contributed by atoms with Crippen molar-refractivity contribution in [3.8, 4) is 10.6 Å². The summed E-state index contributed by atoms with van der Waals surface area (Å²) >= 11 is 1.11. The average molecular weight is 375 g/mol. The summed E-state index contributed by atoms with van der Waals surface area (Å²) in [4.78, 5) is 16.2. The number of hydrogen-bond donors (Lipinski definition) is 3. The van der Waals surface area contributed by atoms with Gasteiger partial charge in [0.05, 0.1) is 10.6 Å². The molecule has 0 radical (unpaired) electrons. The Bertz CT molecular complexity index is 984. The molecule has 0 unspecified atom stereocenters. The van der Waals surface area contributed by atoms with Crippen LogP contribution in [0.15, 0.2) is 65.0 Å². The third-order valence-corrected chi connectivity index (χ3v) is 6.25. The molecule has 0 bridgehead atoms. The maximum atomic E-state index is 12.5. The van der Waals surface area contributed by atoms with Gasteiger partial charge in [0.1, 0.15) is 4.21 Å². The number of hydrogen-bond acceptors (Lipinski definition) is 6. The Morgan fingerprint density at radius 3 is 2.44 bits per heavy atom. The molecule has 9 heteroatoms. The lowest BCUT2D eigenvalue weighted by Crippen LogP contribution is -2.18. The summed E-state index contributed by atoms with van der Waals surface area (Å²) in [5, 5.41) is 8.57. The molecule has 3 rings (SSSR count). The molecule has 25 heavy (non-hydrogen) atoms. The molecular weight excluding hydrogens is 362 g/mol. The predicted octanol–water partition coefficient (Wildman–Crippen LogP) is 2.73. The standard InChI is InChI=1S/C16H13N3O4S2/c20-16(18-21)11-4-6-12(7-5-11)19-25(22,23)15-9-8-14(24-15)13-3-1-2-10-17-13/h1-10,19,21H,(H,18,20). The summed E-state index contributed by atoms with van der Waals surface area (Å²) < 4.78 is 27.6. The van der Waals surface area contributed by atoms with Gasteiger partial charge in [-0.1, -0.05) is 6.07 Å². The molecular formula is C16H13N3O4S2. The molecule has 0 aliphatic carbocycles. The molecule has 128 valence electrons. The molecule has 1 aromatic carbocycles. The number of amides is 1. The van der Waals surface area contributed by atoms with Crippen molar-refractivity contribution in [1.82, 2.24) is 10.5 Å². The summed E-state index contributed by atoms with van der Waals surface area (Å²) in [5.41, 5.74) is 2.73. The fourth-order valence-electron chi connectivity index (χ4n) is 2.07. The zero-order valence-electron chi connectivity index (χ0n) is 12.7. The Morgan fingerprint density at radius 2 is 1.80 bits per heavy atom. The minimum absolute atomic E-state index is 0.158. The van der Waals surface area contributed by atoms with Gasteiger partial charge >= 0.3 is 0 Å². The fourth-order valence-corrected chi connectivity index (χ4v) is 4.41. The van der Waals surface area contributed by atoms with E-state index in [4.69, 9.17) is 5.21 Å². The lowest BCUT2D eigenvalue weighted by molar-refractivity contribution is 0.0706. The van der Waals surface area contributed by atoms with E-state index >= 15 is 0 Å². The molecule has 0 aliphatic rings. The number of pyridine rings is 1. The van der Waals surface area contributed by atoms with Crippen LogP contribution in [0.3, 0.4) is 0 Å². The third kappa shape index (κ3) is 3.85. The van der Waals surface area contributed by atoms with Gasteiger partial charge in [0.15, 0.2) is 0 Å². The van der Waals surface area contributed by atoms with Crippen LogP contribution < -0.4 is 10.2 Å². The van der Waals surface area contributed by atoms with E-state index in [9.17, 15) is 13.2 Å². The minimum Gasteiger partial charge on any atom is -0.288 e. The van der Waals surface area contributed by atoms with Gasteiger partial charge < -0.3 is 0 Å². The molecule has 0 aliphatic heterocycles. The van der Waals surface area contributed by atoms with Gasteiger partial charge in [0.2, 0.25) is 0 Å². The maximum absolute atomic E-state index is 12.5. The summed E-state index contributed by atoms with van der Waals surface area (Å²) in [7, 11) is -3.75. The molecule has 3 aromatic rings. The van der Waals surface area contributed by atoms with Gasteiger partial charge in [-0.2, -0.15) is 0 Å². The number of hydroxylamine groups is 1. The van der Waals surface area contributed by atoms with Gasteiger partial charge in [-0.25, -0.2) is 13.9 Å². The number of aromatic nitrogens is 1. The Kier molecular flexibility index (Phi) is 4.79. The van der Waals surface area contributed by atoms with Crippen LogP contribution in [-0.2, 0) is 10.0 Å². The number of sulfonamides is 1. The van der Waals surface area contributed by atoms with Gasteiger partial charge in [0, 0.05) is 17.4 Å². The topological polar surface area (TPSA) is 108 Å². The highest BCUT2D eigenvalue weighted by Crippen LogP contribution is 2.30. The lowest BCUT2D eigenvalue weighted by atomic mass is 10.2. The quantitative estimate of drug-likeness (QED) is 0.469. The SMILES string of the molecule is O=C(NO)c1ccc(NS(=O)(=O)c2ccc(-c3ccccn3)s2)cc1. The van der Waals surface area contributed by atoms with Crippen LogP contribution in [-0.4, -0.2) is 24.5 Å². The van der Waals surface area contributed by atoms with E-state index in [0.717, 1.165) is 16.2 Å². The number of rotatable bonds is 5. The van der Waals surface area contributed by atoms with E-state index in [1.807, 2.05) is 6.07 Å². The summed E-state index contributed by atoms with van der Waals surface area (Å²) in [6, 6.07) is 14.3. The van der Waals surface area contributed by atoms with E-state index in [1.54, 1.807) is 24.4 Å². The van der Waals surface area contributed by atoms with Crippen molar-refractivity contribution in [2.75, 3.05) is 4.72 Å². The number of carbonyl (C=O) groups is 1. The predicted molar refractivity (Wildman–Crippen MR) is 94.1 cm³/mol. The monoisotopic (exact) mass is 375 g/mol. The molecule has 7 nitrogen and oxygen atoms in total. The number of nitrogens with one attached hydrogen (secondary N) is 2. The molecule has 2 aromatic heterocycles. The van der Waals surface area contributed by atoms with E-state index in [1.165, 1.54) is 35.8 Å². The second kappa shape index (κ2) is 7.01. The fraction of sp³-hybridized carbons (Fsp3) is 0. The minimum atomic E-state index is -3.75. The molecule has 0 spiro atoms. The molecule has 2 heterocycles. The van der Waals surface area contributed by atoms with Crippen LogP contribution in [0, 0.1) is 0 Å². The highest BCUT2D eigenvalue weighted by molar-refractivity contribution is 7.94. The normalized spacial score (nSPS) is 11.1. The highest BCUT2D eigenvalue weighted by Gasteiger charge is 2.18. The first kappa shape index (κ1) is 17.1. The molecule has 0 atom stereocenters. The number of carbonyl (C=O) groups excluding carboxylic acids is 1. The second-order valence-corrected chi connectivity index (χ2v) is 7.95. The zero-order chi connectivity index (χ0) is 17.9. The van der Waals surface area contributed by atoms with Crippen molar-refractivity contribution in [2.24, 2.45) is 0 Å². The summed E-state index contributed by atoms with van der Waals surface area (Å²) in [5.74, 6) is -0.673. The van der Waals surface area contributed by atoms with Crippen molar-refractivity contribution < 1.29 is 18.4 Å². The molecule has 3 N–H and O–H groups in total. The van der Waals surface area contributed by atoms with Gasteiger partial charge in [0.25, 0.3) is 15.9 Å². The molecule has 0 saturated carbocycles. The van der Waals surface area contributed by atoms with E-state index in [-0.39, 0.29) is 9.77 Å². The first-order valence-corrected chi connectivity index (χ1v) is 9.38. The van der Waals surface area contributed by atoms with Gasteiger partial charge in [-0.05, 0) is 48.5 Å². The van der Waals surface area contributed by atoms with Crippen molar-refractivity contribution in [1.29, 1.82) is 0 Å². The van der Waals surface area contributed by atoms with Crippen LogP contribution in [0.1, 0.15) is 10.4 Å². The number of thiophene rings is 1. The summed E-state index contributed by atoms with van der Waals surface area (Å²) in [6.45, 7) is 0. The van der Waals surface area contributed by atoms with Crippen LogP contribution in [0.2, 0.25) is 0 Å². The lowest BCUT2D eigenvalue weighted by Gasteiger charge is -2.07. The van der Waals surface area contributed by atoms with Gasteiger partial charge in [-0.3, -0.25) is 19.7 Å². The van der Waals surface area contributed by atoms with Crippen molar-refractivity contribution in [3.05, 3.63) is 66.4 Å². The van der Waals surface area contributed by atoms with Crippen LogP contribution in [0.4, 0.5) is 5.69 Å². The maximum Gasteiger partial charge on any atom is 0.274 e. The van der Waals surface area contributed by atoms with Crippen molar-refractivity contribution in [2.45, 2.75) is 4.21 Å². The zero-order valence-corrected chi connectivity index (χ0v) is 14.3. The van der Waals surface area contributed by atoms with E-state index < -0.39 is 15.9 Å². The molecule has 0 saturated heterocycles. The van der Waals surface area contributed by atoms with E-state index in [2.05, 4.69) is 9.71 Å². The number of nitrogens with zero attached hydrogens (tertiary/aromatic N) is 1. The first-order valence-electron chi connectivity index (χ1n) is 7.08. The van der Waals surface area contributed by atoms with Crippen molar-refractivity contribution >= 4 is 33.0 Å². The van der Waals surface area contributed by atoms with Crippen LogP contribution >= 0.6 is 11.3 Å². The average Bonchev–Trinajstić information content (AvgIpc) is 3.13. The number of anilines is 1.